The van der Waals surface area contributed by atoms with Gasteiger partial charge in [0.25, 0.3) is 0 Å². The fraction of sp³-hybridized carbons (Fsp3) is 1.00. The van der Waals surface area contributed by atoms with Crippen LogP contribution in [-0.4, -0.2) is 18.0 Å². The molecule has 2 heteroatoms. The molecule has 0 aromatic heterocycles. The summed E-state index contributed by atoms with van der Waals surface area (Å²) >= 11 is 0. The first-order valence-corrected chi connectivity index (χ1v) is 9.98. The molecule has 0 aliphatic carbocycles. The zero-order valence-corrected chi connectivity index (χ0v) is 16.0. The highest BCUT2D eigenvalue weighted by Gasteiger charge is 1.92. The van der Waals surface area contributed by atoms with E-state index < -0.39 is 6.29 Å². The van der Waals surface area contributed by atoms with E-state index in [1.165, 1.54) is 89.9 Å². The van der Waals surface area contributed by atoms with E-state index in [1.807, 2.05) is 6.92 Å². The van der Waals surface area contributed by atoms with Crippen LogP contribution in [0, 0.1) is 0 Å². The highest BCUT2D eigenvalue weighted by atomic mass is 16.6. The van der Waals surface area contributed by atoms with Gasteiger partial charge >= 0.3 is 0 Å². The third kappa shape index (κ3) is 28.1. The van der Waals surface area contributed by atoms with Crippen molar-refractivity contribution in [1.29, 1.82) is 0 Å². The van der Waals surface area contributed by atoms with Crippen LogP contribution < -0.4 is 0 Å². The van der Waals surface area contributed by atoms with E-state index in [2.05, 4.69) is 18.6 Å². The normalized spacial score (nSPS) is 11.9. The van der Waals surface area contributed by atoms with Crippen molar-refractivity contribution >= 4 is 0 Å². The molecule has 2 nitrogen and oxygen atoms in total. The van der Waals surface area contributed by atoms with Crippen LogP contribution >= 0.6 is 0 Å². The topological polar surface area (TPSA) is 29.5 Å². The molecule has 1 atom stereocenters. The molecule has 0 saturated carbocycles. The van der Waals surface area contributed by atoms with Gasteiger partial charge in [-0.05, 0) is 13.8 Å². The summed E-state index contributed by atoms with van der Waals surface area (Å²) in [6.45, 7) is 8.59. The molecule has 0 aliphatic rings. The van der Waals surface area contributed by atoms with Crippen LogP contribution in [0.1, 0.15) is 118 Å². The molecule has 0 rings (SSSR count). The third-order valence-corrected chi connectivity index (χ3v) is 3.86. The molecule has 0 spiro atoms. The lowest BCUT2D eigenvalue weighted by Crippen LogP contribution is -2.04. The Bertz CT molecular complexity index is 155. The second kappa shape index (κ2) is 23.2. The van der Waals surface area contributed by atoms with Crippen molar-refractivity contribution in [2.75, 3.05) is 6.61 Å². The maximum Gasteiger partial charge on any atom is 0.151 e. The Hall–Kier alpha value is -0.0800. The summed E-state index contributed by atoms with van der Waals surface area (Å²) in [5.41, 5.74) is 0. The molecular formula is C20H44O2. The lowest BCUT2D eigenvalue weighted by atomic mass is 10.0. The van der Waals surface area contributed by atoms with Crippen LogP contribution in [0.15, 0.2) is 0 Å². The molecule has 136 valence electrons. The fourth-order valence-electron chi connectivity index (χ4n) is 2.51. The molecule has 0 bridgehead atoms. The number of hydrogen-bond donors (Lipinski definition) is 1. The Labute approximate surface area is 141 Å². The molecule has 0 aliphatic heterocycles. The summed E-state index contributed by atoms with van der Waals surface area (Å²) in [4.78, 5) is 0. The van der Waals surface area contributed by atoms with Gasteiger partial charge in [-0.2, -0.15) is 0 Å². The average Bonchev–Trinajstić information content (AvgIpc) is 2.49. The Morgan fingerprint density at radius 1 is 0.591 bits per heavy atom. The first-order valence-electron chi connectivity index (χ1n) is 9.98. The minimum Gasteiger partial charge on any atom is -0.368 e. The van der Waals surface area contributed by atoms with Gasteiger partial charge in [0.05, 0.1) is 0 Å². The first-order chi connectivity index (χ1) is 10.7. The van der Waals surface area contributed by atoms with Crippen molar-refractivity contribution in [3.05, 3.63) is 0 Å². The van der Waals surface area contributed by atoms with E-state index in [1.54, 1.807) is 6.92 Å². The lowest BCUT2D eigenvalue weighted by molar-refractivity contribution is -0.0800. The molecule has 0 heterocycles. The first kappa shape index (κ1) is 24.2. The number of hydrogen-bond acceptors (Lipinski definition) is 2. The summed E-state index contributed by atoms with van der Waals surface area (Å²) in [5.74, 6) is 0. The van der Waals surface area contributed by atoms with Gasteiger partial charge in [-0.15, -0.1) is 0 Å². The van der Waals surface area contributed by atoms with Crippen molar-refractivity contribution in [3.8, 4) is 0 Å². The quantitative estimate of drug-likeness (QED) is 0.264. The predicted octanol–water partition coefficient (Wildman–Crippen LogP) is 6.85. The molecule has 0 aromatic carbocycles. The van der Waals surface area contributed by atoms with E-state index in [9.17, 15) is 0 Å². The summed E-state index contributed by atoms with van der Waals surface area (Å²) in [6.07, 6.45) is 19.8. The van der Waals surface area contributed by atoms with Crippen molar-refractivity contribution in [2.45, 2.75) is 124 Å². The fourth-order valence-corrected chi connectivity index (χ4v) is 2.51. The van der Waals surface area contributed by atoms with E-state index >= 15 is 0 Å². The van der Waals surface area contributed by atoms with Gasteiger partial charge in [0.15, 0.2) is 6.29 Å². The minimum atomic E-state index is -0.602. The summed E-state index contributed by atoms with van der Waals surface area (Å²) < 4.78 is 4.60. The zero-order valence-electron chi connectivity index (χ0n) is 16.0. The zero-order chi connectivity index (χ0) is 16.9. The second-order valence-electron chi connectivity index (χ2n) is 6.30. The number of aliphatic hydroxyl groups excluding tert-OH is 1. The monoisotopic (exact) mass is 316 g/mol. The van der Waals surface area contributed by atoms with Gasteiger partial charge in [-0.3, -0.25) is 0 Å². The average molecular weight is 317 g/mol. The molecule has 0 aromatic rings. The second-order valence-corrected chi connectivity index (χ2v) is 6.30. The largest absolute Gasteiger partial charge is 0.368 e. The molecule has 1 unspecified atom stereocenters. The van der Waals surface area contributed by atoms with Crippen molar-refractivity contribution in [1.82, 2.24) is 0 Å². The number of unbranched alkanes of at least 4 members (excludes halogenated alkanes) is 13. The van der Waals surface area contributed by atoms with E-state index in [-0.39, 0.29) is 0 Å². The molecule has 0 radical (unpaired) electrons. The SMILES string of the molecule is CCCCCCCCCCCCCCCC.CCOC(C)O. The molecule has 0 amide bonds. The standard InChI is InChI=1S/C16H34.C4H10O2/c1-3-5-7-9-11-13-15-16-14-12-10-8-6-4-2;1-3-6-4(2)5/h3-16H2,1-2H3;4-5H,3H2,1-2H3. The Morgan fingerprint density at radius 3 is 1.00 bits per heavy atom. The number of aliphatic hydroxyl groups is 1. The Balaban J connectivity index is 0. The van der Waals surface area contributed by atoms with Gasteiger partial charge in [0.1, 0.15) is 0 Å². The number of rotatable bonds is 15. The smallest absolute Gasteiger partial charge is 0.151 e. The van der Waals surface area contributed by atoms with Gasteiger partial charge in [-0.25, -0.2) is 0 Å². The van der Waals surface area contributed by atoms with Crippen LogP contribution in [0.3, 0.4) is 0 Å². The van der Waals surface area contributed by atoms with E-state index in [0.717, 1.165) is 0 Å². The minimum absolute atomic E-state index is 0.581. The van der Waals surface area contributed by atoms with Gasteiger partial charge < -0.3 is 9.84 Å². The van der Waals surface area contributed by atoms with E-state index in [4.69, 9.17) is 5.11 Å². The predicted molar refractivity (Wildman–Crippen MR) is 99.3 cm³/mol. The van der Waals surface area contributed by atoms with Crippen molar-refractivity contribution in [3.63, 3.8) is 0 Å². The van der Waals surface area contributed by atoms with Gasteiger partial charge in [-0.1, -0.05) is 104 Å². The molecule has 0 fully saturated rings. The molecular weight excluding hydrogens is 272 g/mol. The lowest BCUT2D eigenvalue weighted by Gasteiger charge is -2.02. The van der Waals surface area contributed by atoms with Gasteiger partial charge in [0, 0.05) is 6.61 Å². The highest BCUT2D eigenvalue weighted by Crippen LogP contribution is 2.12. The summed E-state index contributed by atoms with van der Waals surface area (Å²) in [6, 6.07) is 0. The molecule has 0 saturated heterocycles. The maximum absolute atomic E-state index is 8.33. The molecule has 22 heavy (non-hydrogen) atoms. The van der Waals surface area contributed by atoms with Crippen LogP contribution in [0.5, 0.6) is 0 Å². The van der Waals surface area contributed by atoms with Crippen LogP contribution in [0.4, 0.5) is 0 Å². The number of ether oxygens (including phenoxy) is 1. The maximum atomic E-state index is 8.33. The van der Waals surface area contributed by atoms with Crippen molar-refractivity contribution < 1.29 is 9.84 Å². The summed E-state index contributed by atoms with van der Waals surface area (Å²) in [5, 5.41) is 8.33. The van der Waals surface area contributed by atoms with Crippen LogP contribution in [-0.2, 0) is 4.74 Å². The summed E-state index contributed by atoms with van der Waals surface area (Å²) in [7, 11) is 0. The Kier molecular flexibility index (Phi) is 25.5. The Morgan fingerprint density at radius 2 is 0.864 bits per heavy atom. The molecule has 1 N–H and O–H groups in total. The van der Waals surface area contributed by atoms with Crippen LogP contribution in [0.25, 0.3) is 0 Å². The third-order valence-electron chi connectivity index (χ3n) is 3.86. The van der Waals surface area contributed by atoms with E-state index in [0.29, 0.717) is 6.61 Å². The van der Waals surface area contributed by atoms with Crippen LogP contribution in [0.2, 0.25) is 0 Å². The van der Waals surface area contributed by atoms with Crippen molar-refractivity contribution in [2.24, 2.45) is 0 Å². The van der Waals surface area contributed by atoms with Gasteiger partial charge in [0.2, 0.25) is 0 Å². The highest BCUT2D eigenvalue weighted by molar-refractivity contribution is 4.48.